The van der Waals surface area contributed by atoms with Gasteiger partial charge in [-0.05, 0) is 18.2 Å². The number of rotatable bonds is 7. The molecule has 11 nitrogen and oxygen atoms in total. The minimum absolute atomic E-state index is 0.000316. The van der Waals surface area contributed by atoms with E-state index in [1.165, 1.54) is 39.5 Å². The van der Waals surface area contributed by atoms with Gasteiger partial charge in [0, 0.05) is 38.3 Å². The van der Waals surface area contributed by atoms with Gasteiger partial charge in [0.05, 0.1) is 21.8 Å². The van der Waals surface area contributed by atoms with E-state index in [1.54, 1.807) is 18.2 Å². The number of sulfonamides is 2. The second kappa shape index (κ2) is 9.22. The molecular formula is C19H22N4O7S2. The van der Waals surface area contributed by atoms with Gasteiger partial charge in [-0.2, -0.15) is 4.31 Å². The van der Waals surface area contributed by atoms with Gasteiger partial charge in [0.15, 0.2) is 0 Å². The summed E-state index contributed by atoms with van der Waals surface area (Å²) in [5, 5.41) is 11.0. The zero-order valence-electron chi connectivity index (χ0n) is 17.2. The van der Waals surface area contributed by atoms with E-state index in [2.05, 4.69) is 0 Å². The lowest BCUT2D eigenvalue weighted by molar-refractivity contribution is -0.384. The normalized spacial score (nSPS) is 15.3. The van der Waals surface area contributed by atoms with Gasteiger partial charge in [0.1, 0.15) is 6.54 Å². The van der Waals surface area contributed by atoms with Gasteiger partial charge in [-0.3, -0.25) is 19.2 Å². The standard InChI is InChI=1S/C19H22N4O7S2/c1-31(27,28)22(16-6-5-7-17(14-16)23(25)26)15-19(24)20-10-12-21(13-11-20)32(29,30)18-8-3-2-4-9-18/h2-9,14H,10-13,15H2,1H3. The Bertz CT molecular complexity index is 1210. The molecule has 0 aromatic heterocycles. The molecule has 0 spiro atoms. The first-order valence-corrected chi connectivity index (χ1v) is 12.8. The predicted octanol–water partition coefficient (Wildman–Crippen LogP) is 0.894. The van der Waals surface area contributed by atoms with E-state index in [9.17, 15) is 31.7 Å². The third kappa shape index (κ3) is 5.23. The van der Waals surface area contributed by atoms with E-state index in [4.69, 9.17) is 0 Å². The quantitative estimate of drug-likeness (QED) is 0.422. The highest BCUT2D eigenvalue weighted by atomic mass is 32.2. The van der Waals surface area contributed by atoms with Crippen molar-refractivity contribution in [2.75, 3.05) is 43.3 Å². The molecule has 0 aliphatic carbocycles. The molecule has 13 heteroatoms. The summed E-state index contributed by atoms with van der Waals surface area (Å²) in [7, 11) is -7.60. The Kier molecular flexibility index (Phi) is 6.81. The van der Waals surface area contributed by atoms with Crippen molar-refractivity contribution >= 4 is 37.3 Å². The van der Waals surface area contributed by atoms with Crippen molar-refractivity contribution in [2.24, 2.45) is 0 Å². The lowest BCUT2D eigenvalue weighted by Crippen LogP contribution is -2.53. The Morgan fingerprint density at radius 1 is 1.00 bits per heavy atom. The molecular weight excluding hydrogens is 460 g/mol. The third-order valence-corrected chi connectivity index (χ3v) is 8.03. The summed E-state index contributed by atoms with van der Waals surface area (Å²) < 4.78 is 52.1. The van der Waals surface area contributed by atoms with E-state index in [-0.39, 0.29) is 42.4 Å². The van der Waals surface area contributed by atoms with Crippen LogP contribution in [0.3, 0.4) is 0 Å². The van der Waals surface area contributed by atoms with Crippen LogP contribution in [0.1, 0.15) is 0 Å². The maximum atomic E-state index is 12.8. The van der Waals surface area contributed by atoms with Crippen LogP contribution in [0.2, 0.25) is 0 Å². The molecule has 1 amide bonds. The van der Waals surface area contributed by atoms with Crippen molar-refractivity contribution in [1.29, 1.82) is 0 Å². The molecule has 0 radical (unpaired) electrons. The van der Waals surface area contributed by atoms with E-state index >= 15 is 0 Å². The number of nitrogens with zero attached hydrogens (tertiary/aromatic N) is 4. The first kappa shape index (κ1) is 23.6. The van der Waals surface area contributed by atoms with Crippen LogP contribution in [-0.4, -0.2) is 75.9 Å². The van der Waals surface area contributed by atoms with Crippen molar-refractivity contribution < 1.29 is 26.6 Å². The van der Waals surface area contributed by atoms with Gasteiger partial charge in [-0.1, -0.05) is 24.3 Å². The number of hydrogen-bond donors (Lipinski definition) is 0. The molecule has 0 bridgehead atoms. The molecule has 0 unspecified atom stereocenters. The van der Waals surface area contributed by atoms with E-state index in [0.717, 1.165) is 16.6 Å². The summed E-state index contributed by atoms with van der Waals surface area (Å²) in [4.78, 5) is 24.7. The number of hydrogen-bond acceptors (Lipinski definition) is 7. The summed E-state index contributed by atoms with van der Waals surface area (Å²) in [6.07, 6.45) is 0.906. The molecule has 1 aliphatic rings. The predicted molar refractivity (Wildman–Crippen MR) is 117 cm³/mol. The van der Waals surface area contributed by atoms with Crippen LogP contribution in [0, 0.1) is 10.1 Å². The number of non-ortho nitro benzene ring substituents is 1. The van der Waals surface area contributed by atoms with Gasteiger partial charge in [-0.25, -0.2) is 16.8 Å². The molecule has 2 aromatic carbocycles. The number of carbonyl (C=O) groups is 1. The molecule has 1 saturated heterocycles. The van der Waals surface area contributed by atoms with Crippen molar-refractivity contribution in [3.8, 4) is 0 Å². The van der Waals surface area contributed by atoms with Gasteiger partial charge in [0.2, 0.25) is 26.0 Å². The van der Waals surface area contributed by atoms with Crippen LogP contribution in [0.4, 0.5) is 11.4 Å². The Morgan fingerprint density at radius 3 is 2.19 bits per heavy atom. The van der Waals surface area contributed by atoms with Gasteiger partial charge < -0.3 is 4.90 Å². The Morgan fingerprint density at radius 2 is 1.62 bits per heavy atom. The molecule has 0 saturated carbocycles. The third-order valence-electron chi connectivity index (χ3n) is 4.98. The molecule has 0 atom stereocenters. The highest BCUT2D eigenvalue weighted by Gasteiger charge is 2.31. The van der Waals surface area contributed by atoms with Crippen LogP contribution in [0.15, 0.2) is 59.5 Å². The maximum Gasteiger partial charge on any atom is 0.271 e. The van der Waals surface area contributed by atoms with E-state index < -0.39 is 37.4 Å². The Balaban J connectivity index is 1.71. The smallest absolute Gasteiger partial charge is 0.271 e. The lowest BCUT2D eigenvalue weighted by Gasteiger charge is -2.35. The highest BCUT2D eigenvalue weighted by molar-refractivity contribution is 7.92. The molecule has 1 aliphatic heterocycles. The SMILES string of the molecule is CS(=O)(=O)N(CC(=O)N1CCN(S(=O)(=O)c2ccccc2)CC1)c1cccc([N+](=O)[O-])c1. The first-order valence-electron chi connectivity index (χ1n) is 9.55. The van der Waals surface area contributed by atoms with Crippen LogP contribution in [-0.2, 0) is 24.8 Å². The fourth-order valence-corrected chi connectivity index (χ4v) is 5.59. The monoisotopic (exact) mass is 482 g/mol. The number of benzene rings is 2. The molecule has 1 heterocycles. The number of anilines is 1. The van der Waals surface area contributed by atoms with E-state index in [1.807, 2.05) is 0 Å². The lowest BCUT2D eigenvalue weighted by atomic mass is 10.2. The first-order chi connectivity index (χ1) is 15.0. The molecule has 172 valence electrons. The zero-order valence-corrected chi connectivity index (χ0v) is 18.8. The molecule has 32 heavy (non-hydrogen) atoms. The number of amides is 1. The fraction of sp³-hybridized carbons (Fsp3) is 0.316. The number of carbonyl (C=O) groups excluding carboxylic acids is 1. The van der Waals surface area contributed by atoms with Crippen LogP contribution >= 0.6 is 0 Å². The van der Waals surface area contributed by atoms with Gasteiger partial charge >= 0.3 is 0 Å². The average molecular weight is 483 g/mol. The Hall–Kier alpha value is -3.03. The minimum atomic E-state index is -3.91. The number of nitro groups is 1. The van der Waals surface area contributed by atoms with E-state index in [0.29, 0.717) is 0 Å². The average Bonchev–Trinajstić information content (AvgIpc) is 2.77. The van der Waals surface area contributed by atoms with Crippen molar-refractivity contribution in [3.05, 3.63) is 64.7 Å². The molecule has 2 aromatic rings. The van der Waals surface area contributed by atoms with Gasteiger partial charge in [-0.15, -0.1) is 0 Å². The van der Waals surface area contributed by atoms with Crippen LogP contribution in [0.25, 0.3) is 0 Å². The van der Waals surface area contributed by atoms with Crippen molar-refractivity contribution in [2.45, 2.75) is 4.90 Å². The second-order valence-electron chi connectivity index (χ2n) is 7.14. The summed E-state index contributed by atoms with van der Waals surface area (Å²) in [5.74, 6) is -0.529. The minimum Gasteiger partial charge on any atom is -0.338 e. The zero-order chi connectivity index (χ0) is 23.5. The second-order valence-corrected chi connectivity index (χ2v) is 11.0. The van der Waals surface area contributed by atoms with Crippen molar-refractivity contribution in [3.63, 3.8) is 0 Å². The topological polar surface area (TPSA) is 138 Å². The van der Waals surface area contributed by atoms with Gasteiger partial charge in [0.25, 0.3) is 5.69 Å². The molecule has 0 N–H and O–H groups in total. The maximum absolute atomic E-state index is 12.8. The summed E-state index contributed by atoms with van der Waals surface area (Å²) in [5.41, 5.74) is -0.302. The Labute approximate surface area is 186 Å². The van der Waals surface area contributed by atoms with Crippen molar-refractivity contribution in [1.82, 2.24) is 9.21 Å². The summed E-state index contributed by atoms with van der Waals surface area (Å²) >= 11 is 0. The summed E-state index contributed by atoms with van der Waals surface area (Å²) in [6, 6.07) is 13.0. The van der Waals surface area contributed by atoms with Crippen LogP contribution < -0.4 is 4.31 Å². The molecule has 3 rings (SSSR count). The fourth-order valence-electron chi connectivity index (χ4n) is 3.30. The highest BCUT2D eigenvalue weighted by Crippen LogP contribution is 2.24. The summed E-state index contributed by atoms with van der Waals surface area (Å²) in [6.45, 7) is -0.225. The molecule has 1 fully saturated rings. The van der Waals surface area contributed by atoms with Crippen LogP contribution in [0.5, 0.6) is 0 Å². The number of nitro benzene ring substituents is 1. The number of piperazine rings is 1. The largest absolute Gasteiger partial charge is 0.338 e.